The highest BCUT2D eigenvalue weighted by Crippen LogP contribution is 2.44. The van der Waals surface area contributed by atoms with E-state index in [1.807, 2.05) is 0 Å². The third-order valence-corrected chi connectivity index (χ3v) is 8.84. The number of aryl methyl sites for hydroxylation is 2. The predicted octanol–water partition coefficient (Wildman–Crippen LogP) is 4.20. The molecule has 0 amide bonds. The molecule has 2 aromatic carbocycles. The van der Waals surface area contributed by atoms with Crippen LogP contribution in [0.5, 0.6) is 0 Å². The van der Waals surface area contributed by atoms with Gasteiger partial charge >= 0.3 is 0 Å². The fourth-order valence-corrected chi connectivity index (χ4v) is 4.97. The van der Waals surface area contributed by atoms with Crippen molar-refractivity contribution in [3.63, 3.8) is 0 Å². The first-order valence-corrected chi connectivity index (χ1v) is 9.91. The van der Waals surface area contributed by atoms with Crippen LogP contribution < -0.4 is 0 Å². The molecule has 1 aliphatic rings. The molecule has 1 aliphatic carbocycles. The SMILES string of the molecule is CC(C)(C(Br)c1ccc2c3c(cccc13)CC2)S(C)(=O)=O. The van der Waals surface area contributed by atoms with Crippen molar-refractivity contribution in [3.8, 4) is 0 Å². The van der Waals surface area contributed by atoms with Crippen LogP contribution in [0.3, 0.4) is 0 Å². The first-order valence-electron chi connectivity index (χ1n) is 7.10. The Bertz CT molecular complexity index is 812. The van der Waals surface area contributed by atoms with Gasteiger partial charge in [0.15, 0.2) is 9.84 Å². The maximum Gasteiger partial charge on any atom is 0.154 e. The van der Waals surface area contributed by atoms with Gasteiger partial charge in [0.05, 0.1) is 9.57 Å². The number of sulfone groups is 1. The molecule has 0 aliphatic heterocycles. The van der Waals surface area contributed by atoms with Crippen molar-refractivity contribution in [2.45, 2.75) is 36.3 Å². The third-order valence-electron chi connectivity index (χ3n) is 4.75. The van der Waals surface area contributed by atoms with Crippen molar-refractivity contribution in [2.75, 3.05) is 6.26 Å². The lowest BCUT2D eigenvalue weighted by atomic mass is 9.94. The maximum atomic E-state index is 12.1. The van der Waals surface area contributed by atoms with Gasteiger partial charge in [-0.15, -0.1) is 0 Å². The summed E-state index contributed by atoms with van der Waals surface area (Å²) in [5.41, 5.74) is 3.82. The van der Waals surface area contributed by atoms with E-state index in [2.05, 4.69) is 46.3 Å². The Morgan fingerprint density at radius 1 is 1.10 bits per heavy atom. The summed E-state index contributed by atoms with van der Waals surface area (Å²) >= 11 is 3.65. The average molecular weight is 367 g/mol. The Balaban J connectivity index is 2.24. The molecule has 0 saturated carbocycles. The van der Waals surface area contributed by atoms with Crippen molar-refractivity contribution >= 4 is 36.5 Å². The van der Waals surface area contributed by atoms with Crippen molar-refractivity contribution in [2.24, 2.45) is 0 Å². The molecule has 2 nitrogen and oxygen atoms in total. The number of rotatable bonds is 3. The topological polar surface area (TPSA) is 34.1 Å². The molecule has 0 aromatic heterocycles. The van der Waals surface area contributed by atoms with Gasteiger partial charge in [-0.25, -0.2) is 8.42 Å². The van der Waals surface area contributed by atoms with Crippen LogP contribution in [-0.4, -0.2) is 19.4 Å². The van der Waals surface area contributed by atoms with E-state index in [1.54, 1.807) is 13.8 Å². The molecule has 0 saturated heterocycles. The molecule has 21 heavy (non-hydrogen) atoms. The summed E-state index contributed by atoms with van der Waals surface area (Å²) < 4.78 is 23.4. The minimum Gasteiger partial charge on any atom is -0.229 e. The maximum absolute atomic E-state index is 12.1. The molecule has 2 aromatic rings. The van der Waals surface area contributed by atoms with Gasteiger partial charge in [-0.2, -0.15) is 0 Å². The summed E-state index contributed by atoms with van der Waals surface area (Å²) in [6, 6.07) is 10.6. The second kappa shape index (κ2) is 4.82. The number of hydrogen-bond acceptors (Lipinski definition) is 2. The van der Waals surface area contributed by atoms with Crippen molar-refractivity contribution in [3.05, 3.63) is 47.0 Å². The minimum atomic E-state index is -3.17. The van der Waals surface area contributed by atoms with Gasteiger partial charge in [-0.3, -0.25) is 0 Å². The van der Waals surface area contributed by atoms with Crippen LogP contribution in [0, 0.1) is 0 Å². The molecule has 112 valence electrons. The summed E-state index contributed by atoms with van der Waals surface area (Å²) in [6.07, 6.45) is 3.47. The normalized spacial score (nSPS) is 16.4. The standard InChI is InChI=1S/C17H19BrO2S/c1-17(2,21(3,19)20)16(18)14-10-9-12-8-7-11-5-4-6-13(14)15(11)12/h4-6,9-10,16H,7-8H2,1-3H3. The molecule has 1 unspecified atom stereocenters. The van der Waals surface area contributed by atoms with E-state index in [-0.39, 0.29) is 4.83 Å². The second-order valence-corrected chi connectivity index (χ2v) is 9.90. The largest absolute Gasteiger partial charge is 0.229 e. The Kier molecular flexibility index (Phi) is 3.45. The lowest BCUT2D eigenvalue weighted by Gasteiger charge is -2.29. The van der Waals surface area contributed by atoms with Gasteiger partial charge in [0.2, 0.25) is 0 Å². The van der Waals surface area contributed by atoms with E-state index in [9.17, 15) is 8.42 Å². The van der Waals surface area contributed by atoms with Crippen LogP contribution in [-0.2, 0) is 22.7 Å². The van der Waals surface area contributed by atoms with Crippen LogP contribution in [0.15, 0.2) is 30.3 Å². The van der Waals surface area contributed by atoms with Crippen molar-refractivity contribution in [1.82, 2.24) is 0 Å². The molecule has 0 fully saturated rings. The van der Waals surface area contributed by atoms with Gasteiger partial charge in [-0.05, 0) is 54.2 Å². The number of benzene rings is 2. The van der Waals surface area contributed by atoms with Gasteiger partial charge in [0, 0.05) is 6.26 Å². The molecule has 0 N–H and O–H groups in total. The number of alkyl halides is 1. The molecular weight excluding hydrogens is 348 g/mol. The fraction of sp³-hybridized carbons (Fsp3) is 0.412. The van der Waals surface area contributed by atoms with E-state index in [1.165, 1.54) is 28.2 Å². The lowest BCUT2D eigenvalue weighted by molar-refractivity contribution is 0.549. The zero-order chi connectivity index (χ0) is 15.4. The predicted molar refractivity (Wildman–Crippen MR) is 91.9 cm³/mol. The number of halogens is 1. The van der Waals surface area contributed by atoms with Gasteiger partial charge < -0.3 is 0 Å². The van der Waals surface area contributed by atoms with Gasteiger partial charge in [0.25, 0.3) is 0 Å². The van der Waals surface area contributed by atoms with E-state index in [4.69, 9.17) is 0 Å². The van der Waals surface area contributed by atoms with E-state index >= 15 is 0 Å². The van der Waals surface area contributed by atoms with Crippen LogP contribution in [0.4, 0.5) is 0 Å². The molecule has 4 heteroatoms. The van der Waals surface area contributed by atoms with E-state index < -0.39 is 14.6 Å². The molecule has 1 atom stereocenters. The second-order valence-electron chi connectivity index (χ2n) is 6.39. The zero-order valence-corrected chi connectivity index (χ0v) is 14.9. The van der Waals surface area contributed by atoms with E-state index in [0.29, 0.717) is 0 Å². The highest BCUT2D eigenvalue weighted by atomic mass is 79.9. The summed E-state index contributed by atoms with van der Waals surface area (Å²) in [5.74, 6) is 0. The van der Waals surface area contributed by atoms with Crippen molar-refractivity contribution < 1.29 is 8.42 Å². The first kappa shape index (κ1) is 15.0. The summed E-state index contributed by atoms with van der Waals surface area (Å²) in [5, 5.41) is 2.50. The molecule has 0 bridgehead atoms. The summed E-state index contributed by atoms with van der Waals surface area (Å²) in [7, 11) is -3.17. The Labute approximate surface area is 134 Å². The fourth-order valence-electron chi connectivity index (χ4n) is 3.05. The first-order chi connectivity index (χ1) is 9.73. The molecule has 3 rings (SSSR count). The highest BCUT2D eigenvalue weighted by Gasteiger charge is 2.39. The summed E-state index contributed by atoms with van der Waals surface area (Å²) in [4.78, 5) is -0.232. The summed E-state index contributed by atoms with van der Waals surface area (Å²) in [6.45, 7) is 3.57. The quantitative estimate of drug-likeness (QED) is 0.762. The Morgan fingerprint density at radius 2 is 1.71 bits per heavy atom. The molecular formula is C17H19BrO2S. The minimum absolute atomic E-state index is 0.232. The van der Waals surface area contributed by atoms with Crippen molar-refractivity contribution in [1.29, 1.82) is 0 Å². The smallest absolute Gasteiger partial charge is 0.154 e. The highest BCUT2D eigenvalue weighted by molar-refractivity contribution is 9.09. The molecule has 0 radical (unpaired) electrons. The monoisotopic (exact) mass is 366 g/mol. The lowest BCUT2D eigenvalue weighted by Crippen LogP contribution is -2.35. The van der Waals surface area contributed by atoms with Gasteiger partial charge in [0.1, 0.15) is 0 Å². The Hall–Kier alpha value is -0.870. The molecule has 0 spiro atoms. The number of hydrogen-bond donors (Lipinski definition) is 0. The Morgan fingerprint density at radius 3 is 2.33 bits per heavy atom. The zero-order valence-electron chi connectivity index (χ0n) is 12.5. The average Bonchev–Trinajstić information content (AvgIpc) is 2.83. The molecule has 0 heterocycles. The van der Waals surface area contributed by atoms with Crippen LogP contribution >= 0.6 is 15.9 Å². The van der Waals surface area contributed by atoms with Crippen LogP contribution in [0.2, 0.25) is 0 Å². The van der Waals surface area contributed by atoms with Crippen LogP contribution in [0.1, 0.15) is 35.4 Å². The van der Waals surface area contributed by atoms with Crippen LogP contribution in [0.25, 0.3) is 10.8 Å². The third kappa shape index (κ3) is 2.23. The van der Waals surface area contributed by atoms with E-state index in [0.717, 1.165) is 18.4 Å². The van der Waals surface area contributed by atoms with Gasteiger partial charge in [-0.1, -0.05) is 46.3 Å².